The molecule has 25 heavy (non-hydrogen) atoms. The number of carbonyl (C=O) groups is 1. The van der Waals surface area contributed by atoms with Crippen molar-refractivity contribution in [2.24, 2.45) is 0 Å². The molecule has 0 saturated carbocycles. The maximum absolute atomic E-state index is 12.2. The molecule has 2 amide bonds. The lowest BCUT2D eigenvalue weighted by atomic mass is 10.2. The molecule has 3 N–H and O–H groups in total. The number of anilines is 1. The number of H-pyrrole nitrogens is 1. The van der Waals surface area contributed by atoms with Crippen molar-refractivity contribution in [1.82, 2.24) is 15.3 Å². The predicted octanol–water partition coefficient (Wildman–Crippen LogP) is 5.00. The van der Waals surface area contributed by atoms with E-state index in [2.05, 4.69) is 20.6 Å². The molecule has 6 heteroatoms. The van der Waals surface area contributed by atoms with Gasteiger partial charge in [-0.2, -0.15) is 0 Å². The molecular formula is C19H19ClN4O. The maximum atomic E-state index is 12.2. The fourth-order valence-corrected chi connectivity index (χ4v) is 2.63. The van der Waals surface area contributed by atoms with Crippen LogP contribution in [-0.4, -0.2) is 16.0 Å². The third kappa shape index (κ3) is 4.39. The summed E-state index contributed by atoms with van der Waals surface area (Å²) in [5.41, 5.74) is 2.66. The summed E-state index contributed by atoms with van der Waals surface area (Å²) in [5, 5.41) is 6.35. The number of aromatic amines is 1. The van der Waals surface area contributed by atoms with Crippen molar-refractivity contribution in [3.63, 3.8) is 0 Å². The Labute approximate surface area is 151 Å². The number of amides is 2. The standard InChI is InChI=1S/C19H19ClN4O/c1-2-16(24-19(25)22-15-10-8-14(20)9-11-15)18-21-12-17(23-18)13-6-4-3-5-7-13/h3-12,16H,2H2,1H3,(H,21,23)(H2,22,24,25). The lowest BCUT2D eigenvalue weighted by molar-refractivity contribution is 0.247. The van der Waals surface area contributed by atoms with E-state index < -0.39 is 0 Å². The van der Waals surface area contributed by atoms with E-state index in [4.69, 9.17) is 11.6 Å². The number of rotatable bonds is 5. The molecule has 1 heterocycles. The monoisotopic (exact) mass is 354 g/mol. The first-order valence-corrected chi connectivity index (χ1v) is 8.47. The molecule has 3 aromatic rings. The third-order valence-electron chi connectivity index (χ3n) is 3.83. The van der Waals surface area contributed by atoms with Gasteiger partial charge in [0.2, 0.25) is 0 Å². The Morgan fingerprint density at radius 1 is 1.16 bits per heavy atom. The molecule has 0 bridgehead atoms. The second kappa shape index (κ2) is 7.85. The number of hydrogen-bond acceptors (Lipinski definition) is 2. The van der Waals surface area contributed by atoms with Crippen LogP contribution in [0.25, 0.3) is 11.3 Å². The van der Waals surface area contributed by atoms with Gasteiger partial charge in [-0.15, -0.1) is 0 Å². The summed E-state index contributed by atoms with van der Waals surface area (Å²) in [6.07, 6.45) is 2.50. The van der Waals surface area contributed by atoms with Crippen LogP contribution in [-0.2, 0) is 0 Å². The van der Waals surface area contributed by atoms with Crippen LogP contribution in [0.15, 0.2) is 60.8 Å². The largest absolute Gasteiger partial charge is 0.340 e. The molecule has 2 aromatic carbocycles. The lowest BCUT2D eigenvalue weighted by Crippen LogP contribution is -2.32. The molecule has 0 aliphatic rings. The summed E-state index contributed by atoms with van der Waals surface area (Å²) >= 11 is 5.85. The van der Waals surface area contributed by atoms with E-state index in [9.17, 15) is 4.79 Å². The first-order chi connectivity index (χ1) is 12.2. The maximum Gasteiger partial charge on any atom is 0.319 e. The average molecular weight is 355 g/mol. The molecule has 0 radical (unpaired) electrons. The Morgan fingerprint density at radius 2 is 1.88 bits per heavy atom. The third-order valence-corrected chi connectivity index (χ3v) is 4.08. The molecule has 0 aliphatic heterocycles. The smallest absolute Gasteiger partial charge is 0.319 e. The van der Waals surface area contributed by atoms with Crippen molar-refractivity contribution in [3.8, 4) is 11.3 Å². The topological polar surface area (TPSA) is 69.8 Å². The van der Waals surface area contributed by atoms with E-state index in [1.54, 1.807) is 30.5 Å². The fourth-order valence-electron chi connectivity index (χ4n) is 2.50. The number of hydrogen-bond donors (Lipinski definition) is 3. The second-order valence-electron chi connectivity index (χ2n) is 5.61. The van der Waals surface area contributed by atoms with E-state index in [-0.39, 0.29) is 12.1 Å². The van der Waals surface area contributed by atoms with Crippen molar-refractivity contribution >= 4 is 23.3 Å². The van der Waals surface area contributed by atoms with Crippen molar-refractivity contribution in [2.45, 2.75) is 19.4 Å². The Balaban J connectivity index is 1.67. The van der Waals surface area contributed by atoms with Crippen molar-refractivity contribution in [3.05, 3.63) is 71.6 Å². The summed E-state index contributed by atoms with van der Waals surface area (Å²) in [7, 11) is 0. The summed E-state index contributed by atoms with van der Waals surface area (Å²) in [5.74, 6) is 0.729. The molecular weight excluding hydrogens is 336 g/mol. The number of urea groups is 1. The van der Waals surface area contributed by atoms with Gasteiger partial charge in [0, 0.05) is 10.7 Å². The first-order valence-electron chi connectivity index (χ1n) is 8.09. The number of nitrogens with zero attached hydrogens (tertiary/aromatic N) is 1. The first kappa shape index (κ1) is 17.0. The van der Waals surface area contributed by atoms with E-state index in [0.717, 1.165) is 23.5 Å². The minimum absolute atomic E-state index is 0.204. The zero-order valence-electron chi connectivity index (χ0n) is 13.8. The molecule has 0 fully saturated rings. The lowest BCUT2D eigenvalue weighted by Gasteiger charge is -2.15. The number of aromatic nitrogens is 2. The molecule has 1 unspecified atom stereocenters. The van der Waals surface area contributed by atoms with Gasteiger partial charge >= 0.3 is 6.03 Å². The summed E-state index contributed by atoms with van der Waals surface area (Å²) in [4.78, 5) is 19.9. The van der Waals surface area contributed by atoms with Crippen LogP contribution in [0, 0.1) is 0 Å². The normalized spacial score (nSPS) is 11.8. The van der Waals surface area contributed by atoms with Crippen LogP contribution < -0.4 is 10.6 Å². The SMILES string of the molecule is CCC(NC(=O)Nc1ccc(Cl)cc1)c1ncc(-c2ccccc2)[nH]1. The van der Waals surface area contributed by atoms with Crippen molar-refractivity contribution in [1.29, 1.82) is 0 Å². The Kier molecular flexibility index (Phi) is 5.36. The van der Waals surface area contributed by atoms with E-state index in [0.29, 0.717) is 10.7 Å². The predicted molar refractivity (Wildman–Crippen MR) is 101 cm³/mol. The molecule has 0 saturated heterocycles. The highest BCUT2D eigenvalue weighted by Crippen LogP contribution is 2.20. The van der Waals surface area contributed by atoms with Gasteiger partial charge in [0.15, 0.2) is 0 Å². The molecule has 3 rings (SSSR count). The number of carbonyl (C=O) groups excluding carboxylic acids is 1. The molecule has 1 aromatic heterocycles. The van der Waals surface area contributed by atoms with E-state index >= 15 is 0 Å². The summed E-state index contributed by atoms with van der Waals surface area (Å²) < 4.78 is 0. The highest BCUT2D eigenvalue weighted by molar-refractivity contribution is 6.30. The molecule has 128 valence electrons. The summed E-state index contributed by atoms with van der Waals surface area (Å²) in [6, 6.07) is 16.4. The van der Waals surface area contributed by atoms with Gasteiger partial charge in [0.1, 0.15) is 5.82 Å². The highest BCUT2D eigenvalue weighted by Gasteiger charge is 2.16. The van der Waals surface area contributed by atoms with Crippen LogP contribution in [0.2, 0.25) is 5.02 Å². The second-order valence-corrected chi connectivity index (χ2v) is 6.05. The Bertz CT molecular complexity index is 830. The van der Waals surface area contributed by atoms with Crippen LogP contribution >= 0.6 is 11.6 Å². The molecule has 0 spiro atoms. The average Bonchev–Trinajstić information content (AvgIpc) is 3.12. The zero-order valence-corrected chi connectivity index (χ0v) is 14.5. The van der Waals surface area contributed by atoms with Gasteiger partial charge in [0.25, 0.3) is 0 Å². The number of benzene rings is 2. The van der Waals surface area contributed by atoms with Gasteiger partial charge in [0.05, 0.1) is 17.9 Å². The fraction of sp³-hybridized carbons (Fsp3) is 0.158. The van der Waals surface area contributed by atoms with Crippen molar-refractivity contribution < 1.29 is 4.79 Å². The Hall–Kier alpha value is -2.79. The van der Waals surface area contributed by atoms with E-state index in [1.165, 1.54) is 0 Å². The van der Waals surface area contributed by atoms with Crippen molar-refractivity contribution in [2.75, 3.05) is 5.32 Å². The summed E-state index contributed by atoms with van der Waals surface area (Å²) in [6.45, 7) is 2.00. The minimum Gasteiger partial charge on any atom is -0.340 e. The molecule has 5 nitrogen and oxygen atoms in total. The number of imidazole rings is 1. The van der Waals surface area contributed by atoms with Crippen LogP contribution in [0.4, 0.5) is 10.5 Å². The molecule has 0 aliphatic carbocycles. The minimum atomic E-state index is -0.285. The van der Waals surface area contributed by atoms with Gasteiger partial charge in [-0.05, 0) is 36.2 Å². The number of halogens is 1. The van der Waals surface area contributed by atoms with E-state index in [1.807, 2.05) is 37.3 Å². The number of nitrogens with one attached hydrogen (secondary N) is 3. The van der Waals surface area contributed by atoms with Crippen LogP contribution in [0.1, 0.15) is 25.2 Å². The highest BCUT2D eigenvalue weighted by atomic mass is 35.5. The van der Waals surface area contributed by atoms with Gasteiger partial charge in [-0.25, -0.2) is 9.78 Å². The van der Waals surface area contributed by atoms with Gasteiger partial charge in [-0.1, -0.05) is 48.9 Å². The van der Waals surface area contributed by atoms with Crippen LogP contribution in [0.5, 0.6) is 0 Å². The van der Waals surface area contributed by atoms with Gasteiger partial charge < -0.3 is 15.6 Å². The molecule has 1 atom stereocenters. The zero-order chi connectivity index (χ0) is 17.6. The quantitative estimate of drug-likeness (QED) is 0.603. The Morgan fingerprint density at radius 3 is 2.56 bits per heavy atom. The van der Waals surface area contributed by atoms with Crippen LogP contribution in [0.3, 0.4) is 0 Å². The van der Waals surface area contributed by atoms with Gasteiger partial charge in [-0.3, -0.25) is 0 Å².